The van der Waals surface area contributed by atoms with Gasteiger partial charge in [-0.05, 0) is 47.5 Å². The van der Waals surface area contributed by atoms with Gasteiger partial charge in [0.2, 0.25) is 5.88 Å². The van der Waals surface area contributed by atoms with Crippen molar-refractivity contribution in [3.8, 4) is 40.0 Å². The van der Waals surface area contributed by atoms with E-state index in [2.05, 4.69) is 11.1 Å². The summed E-state index contributed by atoms with van der Waals surface area (Å²) in [6.45, 7) is 0. The second kappa shape index (κ2) is 9.02. The zero-order chi connectivity index (χ0) is 21.6. The lowest BCUT2D eigenvalue weighted by molar-refractivity contribution is 0.414. The van der Waals surface area contributed by atoms with Crippen molar-refractivity contribution in [1.82, 2.24) is 0 Å². The molecule has 0 fully saturated rings. The van der Waals surface area contributed by atoms with Crippen molar-refractivity contribution in [3.63, 3.8) is 0 Å². The normalized spacial score (nSPS) is 10.7. The molecule has 1 aromatic heterocycles. The highest BCUT2D eigenvalue weighted by molar-refractivity contribution is 5.90. The lowest BCUT2D eigenvalue weighted by Gasteiger charge is -2.06. The molecule has 5 heteroatoms. The van der Waals surface area contributed by atoms with Gasteiger partial charge in [0.1, 0.15) is 28.9 Å². The lowest BCUT2D eigenvalue weighted by Crippen LogP contribution is -1.87. The molecule has 0 atom stereocenters. The van der Waals surface area contributed by atoms with E-state index in [0.29, 0.717) is 16.9 Å². The maximum Gasteiger partial charge on any atom is 0.238 e. The Balaban J connectivity index is 1.87. The topological polar surface area (TPSA) is 67.8 Å². The number of methoxy groups -OCH3 is 2. The van der Waals surface area contributed by atoms with Crippen molar-refractivity contribution in [3.05, 3.63) is 90.0 Å². The molecule has 0 aliphatic carbocycles. The maximum absolute atomic E-state index is 9.97. The third-order valence-electron chi connectivity index (χ3n) is 4.86. The summed E-state index contributed by atoms with van der Waals surface area (Å²) >= 11 is 0. The summed E-state index contributed by atoms with van der Waals surface area (Å²) < 4.78 is 16.7. The molecule has 0 spiro atoms. The van der Waals surface area contributed by atoms with Crippen LogP contribution in [-0.4, -0.2) is 20.4 Å². The van der Waals surface area contributed by atoms with E-state index in [9.17, 15) is 5.26 Å². The molecule has 0 unspecified atom stereocenters. The van der Waals surface area contributed by atoms with E-state index in [0.717, 1.165) is 28.2 Å². The summed E-state index contributed by atoms with van der Waals surface area (Å²) in [5.41, 5.74) is 3.65. The Kier molecular flexibility index (Phi) is 5.82. The highest BCUT2D eigenvalue weighted by Gasteiger charge is 2.23. The minimum atomic E-state index is 0.267. The molecule has 0 saturated carbocycles. The number of aliphatic imine (C=N–C) groups is 1. The van der Waals surface area contributed by atoms with Crippen LogP contribution in [0.1, 0.15) is 11.1 Å². The fourth-order valence-electron chi connectivity index (χ4n) is 3.26. The van der Waals surface area contributed by atoms with Crippen molar-refractivity contribution in [1.29, 1.82) is 5.26 Å². The largest absolute Gasteiger partial charge is 0.497 e. The first kappa shape index (κ1) is 20.0. The monoisotopic (exact) mass is 408 g/mol. The van der Waals surface area contributed by atoms with Gasteiger partial charge in [-0.15, -0.1) is 0 Å². The van der Waals surface area contributed by atoms with Crippen molar-refractivity contribution in [2.75, 3.05) is 14.2 Å². The van der Waals surface area contributed by atoms with Gasteiger partial charge in [-0.1, -0.05) is 42.5 Å². The molecule has 5 nitrogen and oxygen atoms in total. The molecule has 0 aliphatic rings. The van der Waals surface area contributed by atoms with E-state index in [1.807, 2.05) is 78.9 Å². The Morgan fingerprint density at radius 3 is 1.94 bits per heavy atom. The summed E-state index contributed by atoms with van der Waals surface area (Å²) in [6.07, 6.45) is 1.69. The van der Waals surface area contributed by atoms with Crippen LogP contribution in [0.3, 0.4) is 0 Å². The molecule has 4 aromatic rings. The number of nitrogens with zero attached hydrogens (tertiary/aromatic N) is 2. The Morgan fingerprint density at radius 2 is 1.39 bits per heavy atom. The van der Waals surface area contributed by atoms with Crippen LogP contribution in [0, 0.1) is 11.3 Å². The summed E-state index contributed by atoms with van der Waals surface area (Å²) in [4.78, 5) is 4.48. The first-order valence-electron chi connectivity index (χ1n) is 9.68. The molecule has 0 amide bonds. The standard InChI is InChI=1S/C26H20N2O3/c1-29-21-12-8-19(9-13-21)24-23(16-27)26(28-17-18-6-4-3-5-7-18)31-25(24)20-10-14-22(30-2)15-11-20/h3-15,17H,1-2H3. The van der Waals surface area contributed by atoms with Crippen LogP contribution in [0.25, 0.3) is 22.5 Å². The fraction of sp³-hybridized carbons (Fsp3) is 0.0769. The van der Waals surface area contributed by atoms with Crippen LogP contribution in [-0.2, 0) is 0 Å². The van der Waals surface area contributed by atoms with Crippen molar-refractivity contribution >= 4 is 12.1 Å². The fourth-order valence-corrected chi connectivity index (χ4v) is 3.26. The first-order chi connectivity index (χ1) is 15.2. The summed E-state index contributed by atoms with van der Waals surface area (Å²) in [6, 6.07) is 27.0. The van der Waals surface area contributed by atoms with Crippen molar-refractivity contribution in [2.24, 2.45) is 4.99 Å². The van der Waals surface area contributed by atoms with Gasteiger partial charge in [0.15, 0.2) is 0 Å². The van der Waals surface area contributed by atoms with E-state index in [4.69, 9.17) is 13.9 Å². The minimum absolute atomic E-state index is 0.267. The summed E-state index contributed by atoms with van der Waals surface area (Å²) in [7, 11) is 3.24. The van der Waals surface area contributed by atoms with Gasteiger partial charge in [-0.25, -0.2) is 4.99 Å². The average molecular weight is 408 g/mol. The summed E-state index contributed by atoms with van der Waals surface area (Å²) in [5, 5.41) is 9.97. The molecular formula is C26H20N2O3. The van der Waals surface area contributed by atoms with Gasteiger partial charge >= 0.3 is 0 Å². The second-order valence-corrected chi connectivity index (χ2v) is 6.72. The number of furan rings is 1. The molecule has 0 saturated heterocycles. The second-order valence-electron chi connectivity index (χ2n) is 6.72. The van der Waals surface area contributed by atoms with Gasteiger partial charge in [-0.3, -0.25) is 0 Å². The SMILES string of the molecule is COc1ccc(-c2oc(N=Cc3ccccc3)c(C#N)c2-c2ccc(OC)cc2)cc1. The molecule has 0 aliphatic heterocycles. The van der Waals surface area contributed by atoms with E-state index in [-0.39, 0.29) is 5.88 Å². The van der Waals surface area contributed by atoms with Crippen LogP contribution in [0.4, 0.5) is 5.88 Å². The Morgan fingerprint density at radius 1 is 0.806 bits per heavy atom. The third kappa shape index (κ3) is 4.19. The van der Waals surface area contributed by atoms with Gasteiger partial charge in [0.05, 0.1) is 14.2 Å². The van der Waals surface area contributed by atoms with Crippen molar-refractivity contribution < 1.29 is 13.9 Å². The van der Waals surface area contributed by atoms with E-state index in [1.165, 1.54) is 0 Å². The predicted molar refractivity (Wildman–Crippen MR) is 121 cm³/mol. The quantitative estimate of drug-likeness (QED) is 0.354. The number of ether oxygens (including phenoxy) is 2. The Labute approximate surface area is 180 Å². The molecule has 0 N–H and O–H groups in total. The number of nitriles is 1. The Bertz CT molecular complexity index is 1230. The number of hydrogen-bond acceptors (Lipinski definition) is 5. The third-order valence-corrected chi connectivity index (χ3v) is 4.86. The molecule has 152 valence electrons. The molecule has 3 aromatic carbocycles. The number of benzene rings is 3. The zero-order valence-corrected chi connectivity index (χ0v) is 17.2. The highest BCUT2D eigenvalue weighted by atomic mass is 16.5. The number of hydrogen-bond donors (Lipinski definition) is 0. The van der Waals surface area contributed by atoms with Gasteiger partial charge < -0.3 is 13.9 Å². The smallest absolute Gasteiger partial charge is 0.238 e. The van der Waals surface area contributed by atoms with Gasteiger partial charge in [0, 0.05) is 17.3 Å². The molecule has 0 radical (unpaired) electrons. The van der Waals surface area contributed by atoms with Gasteiger partial charge in [0.25, 0.3) is 0 Å². The predicted octanol–water partition coefficient (Wildman–Crippen LogP) is 6.25. The molecule has 1 heterocycles. The van der Waals surface area contributed by atoms with Crippen LogP contribution in [0.5, 0.6) is 11.5 Å². The maximum atomic E-state index is 9.97. The summed E-state index contributed by atoms with van der Waals surface area (Å²) in [5.74, 6) is 2.32. The molecule has 0 bridgehead atoms. The average Bonchev–Trinajstić information content (AvgIpc) is 3.22. The van der Waals surface area contributed by atoms with E-state index in [1.54, 1.807) is 20.4 Å². The van der Waals surface area contributed by atoms with Crippen LogP contribution < -0.4 is 9.47 Å². The van der Waals surface area contributed by atoms with Crippen molar-refractivity contribution in [2.45, 2.75) is 0 Å². The van der Waals surface area contributed by atoms with Gasteiger partial charge in [-0.2, -0.15) is 5.26 Å². The highest BCUT2D eigenvalue weighted by Crippen LogP contribution is 2.43. The Hall–Kier alpha value is -4.30. The molecule has 31 heavy (non-hydrogen) atoms. The van der Waals surface area contributed by atoms with Crippen LogP contribution >= 0.6 is 0 Å². The van der Waals surface area contributed by atoms with E-state index >= 15 is 0 Å². The van der Waals surface area contributed by atoms with Crippen LogP contribution in [0.15, 0.2) is 88.3 Å². The van der Waals surface area contributed by atoms with Crippen LogP contribution in [0.2, 0.25) is 0 Å². The van der Waals surface area contributed by atoms with E-state index < -0.39 is 0 Å². The molecule has 4 rings (SSSR count). The molecular weight excluding hydrogens is 388 g/mol. The number of rotatable bonds is 6. The lowest BCUT2D eigenvalue weighted by atomic mass is 9.98. The first-order valence-corrected chi connectivity index (χ1v) is 9.68. The zero-order valence-electron chi connectivity index (χ0n) is 17.2. The minimum Gasteiger partial charge on any atom is -0.497 e.